The molecule has 0 aliphatic heterocycles. The molecular weight excluding hydrogens is 489 g/mol. The summed E-state index contributed by atoms with van der Waals surface area (Å²) in [6.07, 6.45) is -2.61. The molecule has 0 bridgehead atoms. The number of carbonyl (C=O) groups excluding carboxylic acids is 1. The predicted octanol–water partition coefficient (Wildman–Crippen LogP) is 6.90. The van der Waals surface area contributed by atoms with Crippen LogP contribution in [-0.4, -0.2) is 48.0 Å². The first kappa shape index (κ1) is 30.3. The summed E-state index contributed by atoms with van der Waals surface area (Å²) < 4.78 is 62.0. The second-order valence-corrected chi connectivity index (χ2v) is 8.56. The van der Waals surface area contributed by atoms with E-state index in [2.05, 4.69) is 17.1 Å². The lowest BCUT2D eigenvalue weighted by atomic mass is 10.1. The molecule has 0 aliphatic rings. The van der Waals surface area contributed by atoms with E-state index in [-0.39, 0.29) is 18.9 Å². The maximum Gasteiger partial charge on any atom is 0.422 e. The fourth-order valence-corrected chi connectivity index (χ4v) is 3.32. The zero-order valence-electron chi connectivity index (χ0n) is 21.8. The Bertz CT molecular complexity index is 908. The van der Waals surface area contributed by atoms with Crippen molar-refractivity contribution in [2.24, 2.45) is 0 Å². The van der Waals surface area contributed by atoms with Gasteiger partial charge in [0.1, 0.15) is 5.75 Å². The molecule has 0 N–H and O–H groups in total. The first-order valence-corrected chi connectivity index (χ1v) is 12.9. The van der Waals surface area contributed by atoms with Gasteiger partial charge in [-0.15, -0.1) is 10.2 Å². The Morgan fingerprint density at radius 2 is 1.57 bits per heavy atom. The van der Waals surface area contributed by atoms with Crippen LogP contribution in [0.2, 0.25) is 0 Å². The lowest BCUT2D eigenvalue weighted by molar-refractivity contribution is -0.280. The maximum absolute atomic E-state index is 13.7. The highest BCUT2D eigenvalue weighted by Crippen LogP contribution is 2.29. The smallest absolute Gasteiger partial charge is 0.422 e. The number of unbranched alkanes of at least 4 members (excludes halogenated alkanes) is 5. The van der Waals surface area contributed by atoms with Gasteiger partial charge in [-0.1, -0.05) is 52.9 Å². The SMILES string of the molecule is CCCCCCCOc1ccc(-c2ccc(OC(OC(=O)CC)C(OCCCC)C(F)(F)F)nn2)cc1. The number of carbonyl (C=O) groups is 1. The zero-order valence-corrected chi connectivity index (χ0v) is 21.8. The Kier molecular flexibility index (Phi) is 13.2. The van der Waals surface area contributed by atoms with Crippen molar-refractivity contribution in [3.63, 3.8) is 0 Å². The fourth-order valence-electron chi connectivity index (χ4n) is 3.32. The van der Waals surface area contributed by atoms with Crippen LogP contribution in [-0.2, 0) is 14.3 Å². The third-order valence-electron chi connectivity index (χ3n) is 5.45. The molecule has 0 amide bonds. The number of benzene rings is 1. The van der Waals surface area contributed by atoms with Gasteiger partial charge in [0, 0.05) is 24.7 Å². The van der Waals surface area contributed by atoms with Crippen LogP contribution in [0.5, 0.6) is 11.6 Å². The van der Waals surface area contributed by atoms with Gasteiger partial charge in [0.25, 0.3) is 6.29 Å². The van der Waals surface area contributed by atoms with Gasteiger partial charge in [-0.3, -0.25) is 4.79 Å². The van der Waals surface area contributed by atoms with Crippen LogP contribution in [0.1, 0.15) is 72.1 Å². The van der Waals surface area contributed by atoms with Gasteiger partial charge in [-0.25, -0.2) is 0 Å². The van der Waals surface area contributed by atoms with Crippen molar-refractivity contribution in [3.8, 4) is 22.9 Å². The molecule has 2 unspecified atom stereocenters. The molecule has 1 aromatic carbocycles. The highest BCUT2D eigenvalue weighted by atomic mass is 19.4. The van der Waals surface area contributed by atoms with E-state index in [1.165, 1.54) is 32.3 Å². The van der Waals surface area contributed by atoms with Crippen LogP contribution < -0.4 is 9.47 Å². The number of hydrogen-bond donors (Lipinski definition) is 0. The molecular formula is C27H37F3N2O5. The van der Waals surface area contributed by atoms with Gasteiger partial charge in [0.05, 0.1) is 12.3 Å². The predicted molar refractivity (Wildman–Crippen MR) is 133 cm³/mol. The molecule has 10 heteroatoms. The molecule has 0 aliphatic carbocycles. The molecule has 37 heavy (non-hydrogen) atoms. The highest BCUT2D eigenvalue weighted by Gasteiger charge is 2.49. The maximum atomic E-state index is 13.7. The lowest BCUT2D eigenvalue weighted by Gasteiger charge is -2.28. The van der Waals surface area contributed by atoms with Crippen molar-refractivity contribution in [2.45, 2.75) is 90.7 Å². The van der Waals surface area contributed by atoms with Crippen molar-refractivity contribution >= 4 is 5.97 Å². The number of alkyl halides is 3. The average Bonchev–Trinajstić information content (AvgIpc) is 2.88. The second-order valence-electron chi connectivity index (χ2n) is 8.56. The molecule has 0 fully saturated rings. The molecule has 0 saturated carbocycles. The molecule has 7 nitrogen and oxygen atoms in total. The summed E-state index contributed by atoms with van der Waals surface area (Å²) in [6, 6.07) is 10.2. The summed E-state index contributed by atoms with van der Waals surface area (Å²) in [4.78, 5) is 11.8. The summed E-state index contributed by atoms with van der Waals surface area (Å²) in [6.45, 7) is 5.97. The number of rotatable bonds is 17. The molecule has 2 rings (SSSR count). The summed E-state index contributed by atoms with van der Waals surface area (Å²) in [5.74, 6) is -0.339. The first-order chi connectivity index (χ1) is 17.8. The lowest BCUT2D eigenvalue weighted by Crippen LogP contribution is -2.47. The number of nitrogens with zero attached hydrogens (tertiary/aromatic N) is 2. The van der Waals surface area contributed by atoms with E-state index in [0.717, 1.165) is 24.2 Å². The minimum atomic E-state index is -4.82. The quantitative estimate of drug-likeness (QED) is 0.126. The minimum absolute atomic E-state index is 0.122. The van der Waals surface area contributed by atoms with E-state index in [1.54, 1.807) is 6.07 Å². The Hall–Kier alpha value is -2.88. The fraction of sp³-hybridized carbons (Fsp3) is 0.593. The molecule has 2 atom stereocenters. The molecule has 2 aromatic rings. The van der Waals surface area contributed by atoms with Gasteiger partial charge < -0.3 is 18.9 Å². The Morgan fingerprint density at radius 3 is 2.16 bits per heavy atom. The van der Waals surface area contributed by atoms with Crippen molar-refractivity contribution in [3.05, 3.63) is 36.4 Å². The monoisotopic (exact) mass is 526 g/mol. The number of aromatic nitrogens is 2. The van der Waals surface area contributed by atoms with Gasteiger partial charge in [-0.2, -0.15) is 13.2 Å². The first-order valence-electron chi connectivity index (χ1n) is 12.9. The normalized spacial score (nSPS) is 13.1. The number of halogens is 3. The average molecular weight is 527 g/mol. The Labute approximate surface area is 216 Å². The van der Waals surface area contributed by atoms with Crippen LogP contribution in [0.25, 0.3) is 11.3 Å². The zero-order chi connectivity index (χ0) is 27.1. The minimum Gasteiger partial charge on any atom is -0.494 e. The van der Waals surface area contributed by atoms with Crippen molar-refractivity contribution in [2.75, 3.05) is 13.2 Å². The summed E-state index contributed by atoms with van der Waals surface area (Å²) in [5.41, 5.74) is 1.24. The molecule has 1 heterocycles. The number of esters is 1. The van der Waals surface area contributed by atoms with E-state index >= 15 is 0 Å². The number of hydrogen-bond acceptors (Lipinski definition) is 7. The van der Waals surface area contributed by atoms with Crippen LogP contribution in [0, 0.1) is 0 Å². The van der Waals surface area contributed by atoms with Crippen LogP contribution in [0.15, 0.2) is 36.4 Å². The summed E-state index contributed by atoms with van der Waals surface area (Å²) in [5, 5.41) is 7.93. The third-order valence-corrected chi connectivity index (χ3v) is 5.45. The van der Waals surface area contributed by atoms with Crippen molar-refractivity contribution in [1.82, 2.24) is 10.2 Å². The van der Waals surface area contributed by atoms with E-state index in [1.807, 2.05) is 31.2 Å². The molecule has 206 valence electrons. The summed E-state index contributed by atoms with van der Waals surface area (Å²) in [7, 11) is 0. The van der Waals surface area contributed by atoms with Crippen molar-refractivity contribution in [1.29, 1.82) is 0 Å². The topological polar surface area (TPSA) is 79.8 Å². The van der Waals surface area contributed by atoms with E-state index in [0.29, 0.717) is 25.1 Å². The van der Waals surface area contributed by atoms with Gasteiger partial charge in [0.2, 0.25) is 12.0 Å². The van der Waals surface area contributed by atoms with Crippen molar-refractivity contribution < 1.29 is 36.9 Å². The van der Waals surface area contributed by atoms with E-state index in [9.17, 15) is 18.0 Å². The van der Waals surface area contributed by atoms with Crippen LogP contribution in [0.4, 0.5) is 13.2 Å². The van der Waals surface area contributed by atoms with Gasteiger partial charge in [0.15, 0.2) is 0 Å². The molecule has 1 aromatic heterocycles. The highest BCUT2D eigenvalue weighted by molar-refractivity contribution is 5.69. The Balaban J connectivity index is 2.04. The second kappa shape index (κ2) is 16.1. The molecule has 0 saturated heterocycles. The molecule has 0 spiro atoms. The molecule has 0 radical (unpaired) electrons. The summed E-state index contributed by atoms with van der Waals surface area (Å²) >= 11 is 0. The van der Waals surface area contributed by atoms with Gasteiger partial charge in [-0.05, 0) is 43.2 Å². The van der Waals surface area contributed by atoms with E-state index < -0.39 is 24.5 Å². The van der Waals surface area contributed by atoms with Crippen LogP contribution >= 0.6 is 0 Å². The van der Waals surface area contributed by atoms with Gasteiger partial charge >= 0.3 is 12.1 Å². The largest absolute Gasteiger partial charge is 0.494 e. The number of ether oxygens (including phenoxy) is 4. The third kappa shape index (κ3) is 11.0. The van der Waals surface area contributed by atoms with Crippen LogP contribution in [0.3, 0.4) is 0 Å². The Morgan fingerprint density at radius 1 is 0.865 bits per heavy atom. The standard InChI is InChI=1S/C27H37F3N2O5/c1-4-7-9-10-11-19-34-21-14-12-20(13-15-21)22-16-17-23(32-31-22)36-26(37-24(33)6-3)25(27(28,29)30)35-18-8-5-2/h12-17,25-26H,4-11,18-19H2,1-3H3. The van der Waals surface area contributed by atoms with E-state index in [4.69, 9.17) is 18.9 Å².